The molecule has 90 valence electrons. The number of anilines is 2. The van der Waals surface area contributed by atoms with Gasteiger partial charge in [0.15, 0.2) is 0 Å². The highest BCUT2D eigenvalue weighted by Crippen LogP contribution is 2.29. The summed E-state index contributed by atoms with van der Waals surface area (Å²) >= 11 is 3.34. The number of rotatable bonds is 2. The Labute approximate surface area is 113 Å². The number of para-hydroxylation sites is 1. The van der Waals surface area contributed by atoms with E-state index in [1.54, 1.807) is 42.3 Å². The molecule has 0 amide bonds. The lowest BCUT2D eigenvalue weighted by atomic mass is 10.2. The molecule has 4 heteroatoms. The van der Waals surface area contributed by atoms with Crippen LogP contribution >= 0.6 is 15.9 Å². The second-order valence-corrected chi connectivity index (χ2v) is 4.74. The molecule has 2 aromatic rings. The van der Waals surface area contributed by atoms with Gasteiger partial charge in [-0.05, 0) is 30.3 Å². The van der Waals surface area contributed by atoms with E-state index in [1.165, 1.54) is 6.07 Å². The first-order valence-electron chi connectivity index (χ1n) is 5.31. The summed E-state index contributed by atoms with van der Waals surface area (Å²) in [6.07, 6.45) is 0. The first-order chi connectivity index (χ1) is 8.61. The summed E-state index contributed by atoms with van der Waals surface area (Å²) in [7, 11) is 1.77. The Morgan fingerprint density at radius 2 is 1.94 bits per heavy atom. The molecule has 0 aromatic heterocycles. The number of halogens is 2. The zero-order chi connectivity index (χ0) is 13.1. The summed E-state index contributed by atoms with van der Waals surface area (Å²) in [5.74, 6) is -0.293. The Hall–Kier alpha value is -1.86. The van der Waals surface area contributed by atoms with Crippen molar-refractivity contribution in [2.45, 2.75) is 0 Å². The molecule has 0 spiro atoms. The third kappa shape index (κ3) is 2.52. The summed E-state index contributed by atoms with van der Waals surface area (Å²) in [6, 6.07) is 13.9. The summed E-state index contributed by atoms with van der Waals surface area (Å²) in [5, 5.41) is 8.93. The lowest BCUT2D eigenvalue weighted by Crippen LogP contribution is -2.11. The van der Waals surface area contributed by atoms with Crippen LogP contribution in [0.15, 0.2) is 46.9 Å². The number of hydrogen-bond acceptors (Lipinski definition) is 2. The summed E-state index contributed by atoms with van der Waals surface area (Å²) in [5.41, 5.74) is 1.76. The Morgan fingerprint density at radius 3 is 2.61 bits per heavy atom. The lowest BCUT2D eigenvalue weighted by Gasteiger charge is -2.20. The van der Waals surface area contributed by atoms with Crippen LogP contribution in [0, 0.1) is 17.1 Å². The van der Waals surface area contributed by atoms with Gasteiger partial charge in [0.2, 0.25) is 0 Å². The fraction of sp³-hybridized carbons (Fsp3) is 0.0714. The van der Waals surface area contributed by atoms with Crippen LogP contribution in [0.5, 0.6) is 0 Å². The molecule has 0 unspecified atom stereocenters. The van der Waals surface area contributed by atoms with E-state index in [9.17, 15) is 4.39 Å². The second-order valence-electron chi connectivity index (χ2n) is 3.82. The summed E-state index contributed by atoms with van der Waals surface area (Å²) < 4.78 is 14.5. The standard InChI is InChI=1S/C14H10BrFN2/c1-18(14-5-3-2-4-13(14)16)12-7-10(9-17)6-11(15)8-12/h2-8H,1H3. The van der Waals surface area contributed by atoms with E-state index in [4.69, 9.17) is 5.26 Å². The lowest BCUT2D eigenvalue weighted by molar-refractivity contribution is 0.627. The summed E-state index contributed by atoms with van der Waals surface area (Å²) in [4.78, 5) is 1.71. The molecule has 0 aliphatic heterocycles. The van der Waals surface area contributed by atoms with Gasteiger partial charge in [-0.15, -0.1) is 0 Å². The van der Waals surface area contributed by atoms with Crippen LogP contribution in [0.25, 0.3) is 0 Å². The monoisotopic (exact) mass is 304 g/mol. The fourth-order valence-corrected chi connectivity index (χ4v) is 2.18. The molecule has 0 atom stereocenters. The van der Waals surface area contributed by atoms with E-state index in [0.29, 0.717) is 11.3 Å². The van der Waals surface area contributed by atoms with Crippen LogP contribution in [-0.4, -0.2) is 7.05 Å². The maximum Gasteiger partial charge on any atom is 0.146 e. The predicted octanol–water partition coefficient (Wildman–Crippen LogP) is 4.23. The maximum absolute atomic E-state index is 13.7. The van der Waals surface area contributed by atoms with Crippen LogP contribution in [0.1, 0.15) is 5.56 Å². The maximum atomic E-state index is 13.7. The van der Waals surface area contributed by atoms with Gasteiger partial charge in [0.25, 0.3) is 0 Å². The molecule has 0 heterocycles. The predicted molar refractivity (Wildman–Crippen MR) is 73.3 cm³/mol. The first-order valence-corrected chi connectivity index (χ1v) is 6.10. The Bertz CT molecular complexity index is 619. The highest BCUT2D eigenvalue weighted by atomic mass is 79.9. The van der Waals surface area contributed by atoms with Crippen molar-refractivity contribution >= 4 is 27.3 Å². The van der Waals surface area contributed by atoms with Gasteiger partial charge in [-0.3, -0.25) is 0 Å². The van der Waals surface area contributed by atoms with Crippen LogP contribution in [0.2, 0.25) is 0 Å². The van der Waals surface area contributed by atoms with Gasteiger partial charge in [-0.1, -0.05) is 28.1 Å². The number of benzene rings is 2. The largest absolute Gasteiger partial charge is 0.342 e. The van der Waals surface area contributed by atoms with Crippen LogP contribution in [-0.2, 0) is 0 Å². The van der Waals surface area contributed by atoms with Gasteiger partial charge >= 0.3 is 0 Å². The van der Waals surface area contributed by atoms with Crippen LogP contribution in [0.4, 0.5) is 15.8 Å². The molecule has 2 rings (SSSR count). The average molecular weight is 305 g/mol. The Morgan fingerprint density at radius 1 is 1.22 bits per heavy atom. The molecule has 0 saturated carbocycles. The molecule has 18 heavy (non-hydrogen) atoms. The quantitative estimate of drug-likeness (QED) is 0.830. The van der Waals surface area contributed by atoms with Gasteiger partial charge in [-0.25, -0.2) is 4.39 Å². The number of hydrogen-bond donors (Lipinski definition) is 0. The van der Waals surface area contributed by atoms with Crippen molar-refractivity contribution in [1.29, 1.82) is 5.26 Å². The van der Waals surface area contributed by atoms with Crippen molar-refractivity contribution in [2.75, 3.05) is 11.9 Å². The Kier molecular flexibility index (Phi) is 3.63. The SMILES string of the molecule is CN(c1cc(Br)cc(C#N)c1)c1ccccc1F. The smallest absolute Gasteiger partial charge is 0.146 e. The van der Waals surface area contributed by atoms with Crippen molar-refractivity contribution in [1.82, 2.24) is 0 Å². The second kappa shape index (κ2) is 5.19. The minimum absolute atomic E-state index is 0.293. The van der Waals surface area contributed by atoms with E-state index in [-0.39, 0.29) is 5.82 Å². The third-order valence-corrected chi connectivity index (χ3v) is 3.07. The van der Waals surface area contributed by atoms with Crippen molar-refractivity contribution in [2.24, 2.45) is 0 Å². The molecule has 0 fully saturated rings. The third-order valence-electron chi connectivity index (χ3n) is 2.61. The highest BCUT2D eigenvalue weighted by Gasteiger charge is 2.10. The van der Waals surface area contributed by atoms with Gasteiger partial charge in [-0.2, -0.15) is 5.26 Å². The average Bonchev–Trinajstić information content (AvgIpc) is 2.37. The highest BCUT2D eigenvalue weighted by molar-refractivity contribution is 9.10. The van der Waals surface area contributed by atoms with Crippen molar-refractivity contribution in [3.8, 4) is 6.07 Å². The van der Waals surface area contributed by atoms with E-state index in [2.05, 4.69) is 22.0 Å². The molecule has 2 nitrogen and oxygen atoms in total. The molecular formula is C14H10BrFN2. The summed E-state index contributed by atoms with van der Waals surface area (Å²) in [6.45, 7) is 0. The van der Waals surface area contributed by atoms with Crippen LogP contribution < -0.4 is 4.90 Å². The van der Waals surface area contributed by atoms with E-state index < -0.39 is 0 Å². The van der Waals surface area contributed by atoms with Gasteiger partial charge in [0.1, 0.15) is 5.82 Å². The molecule has 0 aliphatic carbocycles. The topological polar surface area (TPSA) is 27.0 Å². The van der Waals surface area contributed by atoms with Crippen molar-refractivity contribution in [3.63, 3.8) is 0 Å². The van der Waals surface area contributed by atoms with Crippen molar-refractivity contribution in [3.05, 3.63) is 58.3 Å². The van der Waals surface area contributed by atoms with Crippen molar-refractivity contribution < 1.29 is 4.39 Å². The minimum atomic E-state index is -0.293. The molecule has 0 N–H and O–H groups in total. The molecule has 2 aromatic carbocycles. The molecule has 0 aliphatic rings. The fourth-order valence-electron chi connectivity index (χ4n) is 1.70. The van der Waals surface area contributed by atoms with Gasteiger partial charge < -0.3 is 4.90 Å². The molecule has 0 radical (unpaired) electrons. The first kappa shape index (κ1) is 12.6. The molecular weight excluding hydrogens is 295 g/mol. The van der Waals surface area contributed by atoms with E-state index in [1.807, 2.05) is 6.07 Å². The van der Waals surface area contributed by atoms with Gasteiger partial charge in [0.05, 0.1) is 17.3 Å². The van der Waals surface area contributed by atoms with E-state index >= 15 is 0 Å². The normalized spacial score (nSPS) is 9.89. The zero-order valence-corrected chi connectivity index (χ0v) is 11.3. The molecule has 0 saturated heterocycles. The minimum Gasteiger partial charge on any atom is -0.342 e. The Balaban J connectivity index is 2.47. The van der Waals surface area contributed by atoms with Crippen LogP contribution in [0.3, 0.4) is 0 Å². The molecule has 0 bridgehead atoms. The van der Waals surface area contributed by atoms with E-state index in [0.717, 1.165) is 10.2 Å². The number of nitriles is 1. The van der Waals surface area contributed by atoms with Gasteiger partial charge in [0, 0.05) is 17.2 Å². The zero-order valence-electron chi connectivity index (χ0n) is 9.69. The number of nitrogens with zero attached hydrogens (tertiary/aromatic N) is 2.